The van der Waals surface area contributed by atoms with Gasteiger partial charge < -0.3 is 15.7 Å². The van der Waals surface area contributed by atoms with Crippen LogP contribution in [0.3, 0.4) is 0 Å². The highest BCUT2D eigenvalue weighted by molar-refractivity contribution is 5.96. The summed E-state index contributed by atoms with van der Waals surface area (Å²) in [5.41, 5.74) is -0.857. The van der Waals surface area contributed by atoms with Gasteiger partial charge in [-0.05, 0) is 31.0 Å². The van der Waals surface area contributed by atoms with Gasteiger partial charge in [0.1, 0.15) is 5.82 Å². The Labute approximate surface area is 129 Å². The Morgan fingerprint density at radius 1 is 1.41 bits per heavy atom. The maximum Gasteiger partial charge on any atom is 0.251 e. The minimum Gasteiger partial charge on any atom is -0.388 e. The van der Waals surface area contributed by atoms with E-state index in [-0.39, 0.29) is 23.7 Å². The number of carbonyl (C=O) groups is 2. The van der Waals surface area contributed by atoms with Gasteiger partial charge in [0.15, 0.2) is 0 Å². The second-order valence-electron chi connectivity index (χ2n) is 5.72. The van der Waals surface area contributed by atoms with Crippen LogP contribution < -0.4 is 10.6 Å². The van der Waals surface area contributed by atoms with E-state index in [1.54, 1.807) is 6.92 Å². The third-order valence-electron chi connectivity index (χ3n) is 3.82. The first kappa shape index (κ1) is 18.1. The molecule has 0 aliphatic heterocycles. The van der Waals surface area contributed by atoms with Crippen LogP contribution in [0.4, 0.5) is 10.1 Å². The number of hydrogen-bond donors (Lipinski definition) is 3. The summed E-state index contributed by atoms with van der Waals surface area (Å²) in [6.45, 7) is 6.87. The Hall–Kier alpha value is -1.95. The van der Waals surface area contributed by atoms with Crippen molar-refractivity contribution in [2.45, 2.75) is 39.7 Å². The lowest BCUT2D eigenvalue weighted by Crippen LogP contribution is -2.45. The van der Waals surface area contributed by atoms with Crippen molar-refractivity contribution in [1.29, 1.82) is 0 Å². The van der Waals surface area contributed by atoms with Gasteiger partial charge in [0.25, 0.3) is 5.91 Å². The number of anilines is 1. The molecule has 2 atom stereocenters. The van der Waals surface area contributed by atoms with Crippen LogP contribution in [-0.2, 0) is 4.79 Å². The van der Waals surface area contributed by atoms with Gasteiger partial charge in [0.05, 0.1) is 11.3 Å². The lowest BCUT2D eigenvalue weighted by molar-refractivity contribution is -0.114. The topological polar surface area (TPSA) is 78.4 Å². The first-order chi connectivity index (χ1) is 10.2. The predicted molar refractivity (Wildman–Crippen MR) is 83.1 cm³/mol. The molecule has 0 aliphatic carbocycles. The maximum absolute atomic E-state index is 13.5. The molecule has 3 N–H and O–H groups in total. The summed E-state index contributed by atoms with van der Waals surface area (Å²) in [6.07, 6.45) is 0.784. The number of halogens is 1. The Morgan fingerprint density at radius 3 is 2.59 bits per heavy atom. The Balaban J connectivity index is 2.80. The average molecular weight is 310 g/mol. The molecule has 0 heterocycles. The van der Waals surface area contributed by atoms with Crippen molar-refractivity contribution in [2.75, 3.05) is 11.9 Å². The highest BCUT2D eigenvalue weighted by atomic mass is 19.1. The lowest BCUT2D eigenvalue weighted by Gasteiger charge is -2.29. The quantitative estimate of drug-likeness (QED) is 0.754. The molecule has 0 radical (unpaired) electrons. The first-order valence-corrected chi connectivity index (χ1v) is 7.25. The molecule has 1 aromatic rings. The number of benzene rings is 1. The van der Waals surface area contributed by atoms with E-state index in [1.165, 1.54) is 19.1 Å². The van der Waals surface area contributed by atoms with Crippen LogP contribution in [0, 0.1) is 11.7 Å². The fourth-order valence-electron chi connectivity index (χ4n) is 1.93. The van der Waals surface area contributed by atoms with Gasteiger partial charge >= 0.3 is 0 Å². The summed E-state index contributed by atoms with van der Waals surface area (Å²) in [5.74, 6) is -1.44. The number of aliphatic hydroxyl groups is 1. The Kier molecular flexibility index (Phi) is 6.05. The Morgan fingerprint density at radius 2 is 2.05 bits per heavy atom. The lowest BCUT2D eigenvalue weighted by atomic mass is 9.88. The van der Waals surface area contributed by atoms with Crippen molar-refractivity contribution in [3.63, 3.8) is 0 Å². The minimum absolute atomic E-state index is 0.0240. The molecule has 1 rings (SSSR count). The summed E-state index contributed by atoms with van der Waals surface area (Å²) >= 11 is 0. The number of nitrogens with one attached hydrogen (secondary N) is 2. The molecule has 0 aliphatic rings. The number of amides is 2. The summed E-state index contributed by atoms with van der Waals surface area (Å²) in [7, 11) is 0. The van der Waals surface area contributed by atoms with E-state index in [4.69, 9.17) is 0 Å². The smallest absolute Gasteiger partial charge is 0.251 e. The van der Waals surface area contributed by atoms with Gasteiger partial charge in [-0.2, -0.15) is 0 Å². The molecule has 22 heavy (non-hydrogen) atoms. The van der Waals surface area contributed by atoms with Gasteiger partial charge in [-0.1, -0.05) is 20.3 Å². The molecule has 2 amide bonds. The zero-order chi connectivity index (χ0) is 16.9. The molecule has 0 saturated carbocycles. The molecule has 0 fully saturated rings. The number of hydrogen-bond acceptors (Lipinski definition) is 3. The van der Waals surface area contributed by atoms with Crippen LogP contribution in [0.25, 0.3) is 0 Å². The van der Waals surface area contributed by atoms with Gasteiger partial charge in [0.2, 0.25) is 5.91 Å². The van der Waals surface area contributed by atoms with Crippen LogP contribution in [0.2, 0.25) is 0 Å². The van der Waals surface area contributed by atoms with Crippen LogP contribution >= 0.6 is 0 Å². The van der Waals surface area contributed by atoms with Gasteiger partial charge in [-0.3, -0.25) is 9.59 Å². The van der Waals surface area contributed by atoms with E-state index in [1.807, 2.05) is 13.8 Å². The fraction of sp³-hybridized carbons (Fsp3) is 0.500. The second kappa shape index (κ2) is 7.35. The van der Waals surface area contributed by atoms with Crippen molar-refractivity contribution in [3.8, 4) is 0 Å². The number of carbonyl (C=O) groups excluding carboxylic acids is 2. The summed E-state index contributed by atoms with van der Waals surface area (Å²) < 4.78 is 13.5. The molecular weight excluding hydrogens is 287 g/mol. The van der Waals surface area contributed by atoms with E-state index in [0.717, 1.165) is 12.5 Å². The standard InChI is InChI=1S/C16H23FN2O3/c1-5-10(2)16(4,22)9-18-15(21)12-6-7-13(17)14(8-12)19-11(3)20/h6-8,10,22H,5,9H2,1-4H3,(H,18,21)(H,19,20). The predicted octanol–water partition coefficient (Wildman–Crippen LogP) is 2.31. The average Bonchev–Trinajstić information content (AvgIpc) is 2.45. The van der Waals surface area contributed by atoms with Gasteiger partial charge in [-0.25, -0.2) is 4.39 Å². The number of rotatable bonds is 6. The maximum atomic E-state index is 13.5. The molecule has 0 aromatic heterocycles. The van der Waals surface area contributed by atoms with Crippen molar-refractivity contribution in [3.05, 3.63) is 29.6 Å². The van der Waals surface area contributed by atoms with Crippen molar-refractivity contribution >= 4 is 17.5 Å². The zero-order valence-electron chi connectivity index (χ0n) is 13.4. The largest absolute Gasteiger partial charge is 0.388 e. The third kappa shape index (κ3) is 4.80. The monoisotopic (exact) mass is 310 g/mol. The Bertz CT molecular complexity index is 558. The third-order valence-corrected chi connectivity index (χ3v) is 3.82. The van der Waals surface area contributed by atoms with E-state index < -0.39 is 23.2 Å². The van der Waals surface area contributed by atoms with Crippen LogP contribution in [0.1, 0.15) is 44.5 Å². The van der Waals surface area contributed by atoms with Crippen molar-refractivity contribution in [2.24, 2.45) is 5.92 Å². The minimum atomic E-state index is -1.02. The molecule has 122 valence electrons. The van der Waals surface area contributed by atoms with Gasteiger partial charge in [-0.15, -0.1) is 0 Å². The molecule has 0 spiro atoms. The van der Waals surface area contributed by atoms with E-state index in [0.29, 0.717) is 0 Å². The van der Waals surface area contributed by atoms with Crippen molar-refractivity contribution in [1.82, 2.24) is 5.32 Å². The molecular formula is C16H23FN2O3. The summed E-state index contributed by atoms with van der Waals surface area (Å²) in [6, 6.07) is 3.71. The first-order valence-electron chi connectivity index (χ1n) is 7.25. The van der Waals surface area contributed by atoms with Crippen LogP contribution in [0.5, 0.6) is 0 Å². The highest BCUT2D eigenvalue weighted by Gasteiger charge is 2.27. The summed E-state index contributed by atoms with van der Waals surface area (Å²) in [5, 5.41) is 15.2. The molecule has 1 aromatic carbocycles. The SMILES string of the molecule is CCC(C)C(C)(O)CNC(=O)c1ccc(F)c(NC(C)=O)c1. The van der Waals surface area contributed by atoms with Crippen LogP contribution in [0.15, 0.2) is 18.2 Å². The summed E-state index contributed by atoms with van der Waals surface area (Å²) in [4.78, 5) is 23.1. The van der Waals surface area contributed by atoms with E-state index >= 15 is 0 Å². The highest BCUT2D eigenvalue weighted by Crippen LogP contribution is 2.20. The molecule has 2 unspecified atom stereocenters. The van der Waals surface area contributed by atoms with E-state index in [2.05, 4.69) is 10.6 Å². The van der Waals surface area contributed by atoms with E-state index in [9.17, 15) is 19.1 Å². The normalized spacial score (nSPS) is 14.8. The molecule has 6 heteroatoms. The van der Waals surface area contributed by atoms with Crippen molar-refractivity contribution < 1.29 is 19.1 Å². The molecule has 5 nitrogen and oxygen atoms in total. The molecule has 0 bridgehead atoms. The van der Waals surface area contributed by atoms with Gasteiger partial charge in [0, 0.05) is 19.0 Å². The fourth-order valence-corrected chi connectivity index (χ4v) is 1.93. The van der Waals surface area contributed by atoms with Crippen LogP contribution in [-0.4, -0.2) is 29.1 Å². The second-order valence-corrected chi connectivity index (χ2v) is 5.72. The molecule has 0 saturated heterocycles. The zero-order valence-corrected chi connectivity index (χ0v) is 13.4.